The first-order valence-corrected chi connectivity index (χ1v) is 8.43. The molecule has 0 bridgehead atoms. The Morgan fingerprint density at radius 2 is 1.81 bits per heavy atom. The molecule has 1 rings (SSSR count). The lowest BCUT2D eigenvalue weighted by Crippen LogP contribution is -2.45. The highest BCUT2D eigenvalue weighted by Crippen LogP contribution is 2.28. The van der Waals surface area contributed by atoms with E-state index in [0.29, 0.717) is 11.4 Å². The van der Waals surface area contributed by atoms with E-state index in [1.54, 1.807) is 12.1 Å². The Bertz CT molecular complexity index is 628. The smallest absolute Gasteiger partial charge is 0.244 e. The summed E-state index contributed by atoms with van der Waals surface area (Å²) in [6.45, 7) is 13.7. The SMILES string of the molecule is C=CCN(C(C)(C)C)S(=O)(=O)c1cc(CN)c(C)cc1C. The number of hydrogen-bond acceptors (Lipinski definition) is 3. The fourth-order valence-electron chi connectivity index (χ4n) is 2.34. The maximum atomic E-state index is 13.0. The van der Waals surface area contributed by atoms with Crippen molar-refractivity contribution in [2.45, 2.75) is 51.6 Å². The summed E-state index contributed by atoms with van der Waals surface area (Å²) in [6, 6.07) is 3.58. The highest BCUT2D eigenvalue weighted by atomic mass is 32.2. The molecule has 0 spiro atoms. The van der Waals surface area contributed by atoms with Gasteiger partial charge in [0.25, 0.3) is 0 Å². The summed E-state index contributed by atoms with van der Waals surface area (Å²) in [6.07, 6.45) is 1.61. The largest absolute Gasteiger partial charge is 0.326 e. The van der Waals surface area contributed by atoms with Crippen LogP contribution in [0.1, 0.15) is 37.5 Å². The highest BCUT2D eigenvalue weighted by molar-refractivity contribution is 7.89. The Morgan fingerprint density at radius 1 is 1.24 bits per heavy atom. The summed E-state index contributed by atoms with van der Waals surface area (Å²) in [5.74, 6) is 0. The molecule has 21 heavy (non-hydrogen) atoms. The fraction of sp³-hybridized carbons (Fsp3) is 0.500. The van der Waals surface area contributed by atoms with Crippen LogP contribution in [-0.2, 0) is 16.6 Å². The van der Waals surface area contributed by atoms with Crippen LogP contribution in [0.2, 0.25) is 0 Å². The van der Waals surface area contributed by atoms with E-state index in [2.05, 4.69) is 6.58 Å². The van der Waals surface area contributed by atoms with Crippen LogP contribution in [0, 0.1) is 13.8 Å². The van der Waals surface area contributed by atoms with E-state index in [0.717, 1.165) is 16.7 Å². The van der Waals surface area contributed by atoms with Gasteiger partial charge in [-0.1, -0.05) is 12.1 Å². The average molecular weight is 310 g/mol. The molecule has 0 aliphatic rings. The predicted molar refractivity (Wildman–Crippen MR) is 87.6 cm³/mol. The van der Waals surface area contributed by atoms with E-state index >= 15 is 0 Å². The average Bonchev–Trinajstić information content (AvgIpc) is 2.34. The molecule has 0 unspecified atom stereocenters. The minimum atomic E-state index is -3.59. The summed E-state index contributed by atoms with van der Waals surface area (Å²) >= 11 is 0. The van der Waals surface area contributed by atoms with E-state index in [4.69, 9.17) is 5.73 Å². The van der Waals surface area contributed by atoms with Gasteiger partial charge in [0.15, 0.2) is 0 Å². The second kappa shape index (κ2) is 6.30. The Kier molecular flexibility index (Phi) is 5.36. The van der Waals surface area contributed by atoms with E-state index in [9.17, 15) is 8.42 Å². The number of aryl methyl sites for hydroxylation is 2. The van der Waals surface area contributed by atoms with Gasteiger partial charge in [-0.2, -0.15) is 4.31 Å². The molecule has 0 aliphatic heterocycles. The molecular weight excluding hydrogens is 284 g/mol. The molecule has 1 aromatic carbocycles. The fourth-order valence-corrected chi connectivity index (χ4v) is 4.36. The Hall–Kier alpha value is -1.17. The Labute approximate surface area is 128 Å². The van der Waals surface area contributed by atoms with Gasteiger partial charge >= 0.3 is 0 Å². The number of hydrogen-bond donors (Lipinski definition) is 1. The maximum Gasteiger partial charge on any atom is 0.244 e. The van der Waals surface area contributed by atoms with Crippen LogP contribution in [0.15, 0.2) is 29.7 Å². The molecule has 0 atom stereocenters. The van der Waals surface area contributed by atoms with Crippen molar-refractivity contribution in [2.75, 3.05) is 6.54 Å². The summed E-state index contributed by atoms with van der Waals surface area (Å²) in [5, 5.41) is 0. The third-order valence-electron chi connectivity index (χ3n) is 3.46. The third-order valence-corrected chi connectivity index (χ3v) is 5.74. The summed E-state index contributed by atoms with van der Waals surface area (Å²) in [7, 11) is -3.59. The monoisotopic (exact) mass is 310 g/mol. The molecule has 2 N–H and O–H groups in total. The second-order valence-electron chi connectivity index (χ2n) is 6.24. The highest BCUT2D eigenvalue weighted by Gasteiger charge is 2.34. The number of benzene rings is 1. The third kappa shape index (κ3) is 3.73. The molecule has 4 nitrogen and oxygen atoms in total. The molecule has 0 aromatic heterocycles. The molecule has 0 radical (unpaired) electrons. The molecule has 0 heterocycles. The lowest BCUT2D eigenvalue weighted by molar-refractivity contribution is 0.269. The standard InChI is InChI=1S/C16H26N2O2S/c1-7-8-18(16(4,5)6)21(19,20)15-10-14(11-17)12(2)9-13(15)3/h7,9-10H,1,8,11,17H2,2-6H3. The molecule has 118 valence electrons. The van der Waals surface area contributed by atoms with E-state index in [1.807, 2.05) is 40.7 Å². The molecule has 0 aliphatic carbocycles. The van der Waals surface area contributed by atoms with E-state index in [-0.39, 0.29) is 6.54 Å². The number of nitrogens with two attached hydrogens (primary N) is 1. The zero-order chi connectivity index (χ0) is 16.4. The molecule has 5 heteroatoms. The van der Waals surface area contributed by atoms with Gasteiger partial charge in [0.05, 0.1) is 4.90 Å². The topological polar surface area (TPSA) is 63.4 Å². The van der Waals surface area contributed by atoms with Crippen molar-refractivity contribution >= 4 is 10.0 Å². The van der Waals surface area contributed by atoms with E-state index in [1.165, 1.54) is 4.31 Å². The van der Waals surface area contributed by atoms with Crippen LogP contribution >= 0.6 is 0 Å². The summed E-state index contributed by atoms with van der Waals surface area (Å²) in [4.78, 5) is 0.324. The first kappa shape index (κ1) is 17.9. The minimum absolute atomic E-state index is 0.275. The quantitative estimate of drug-likeness (QED) is 0.851. The van der Waals surface area contributed by atoms with Crippen LogP contribution in [0.3, 0.4) is 0 Å². The van der Waals surface area contributed by atoms with Crippen molar-refractivity contribution < 1.29 is 8.42 Å². The zero-order valence-electron chi connectivity index (χ0n) is 13.6. The van der Waals surface area contributed by atoms with Crippen LogP contribution in [0.5, 0.6) is 0 Å². The van der Waals surface area contributed by atoms with Gasteiger partial charge in [0.2, 0.25) is 10.0 Å². The van der Waals surface area contributed by atoms with Crippen molar-refractivity contribution in [1.29, 1.82) is 0 Å². The molecule has 1 aromatic rings. The second-order valence-corrected chi connectivity index (χ2v) is 8.07. The van der Waals surface area contributed by atoms with Crippen LogP contribution < -0.4 is 5.73 Å². The van der Waals surface area contributed by atoms with Crippen molar-refractivity contribution in [3.8, 4) is 0 Å². The molecule has 0 fully saturated rings. The molecule has 0 saturated carbocycles. The van der Waals surface area contributed by atoms with Gasteiger partial charge in [-0.3, -0.25) is 0 Å². The Balaban J connectivity index is 3.52. The predicted octanol–water partition coefficient (Wildman–Crippen LogP) is 2.74. The van der Waals surface area contributed by atoms with Crippen LogP contribution in [0.4, 0.5) is 0 Å². The van der Waals surface area contributed by atoms with E-state index < -0.39 is 15.6 Å². The van der Waals surface area contributed by atoms with Crippen LogP contribution in [0.25, 0.3) is 0 Å². The van der Waals surface area contributed by atoms with Gasteiger partial charge in [-0.25, -0.2) is 8.42 Å². The number of rotatable bonds is 5. The first-order valence-electron chi connectivity index (χ1n) is 6.99. The van der Waals surface area contributed by atoms with Gasteiger partial charge in [0, 0.05) is 18.6 Å². The van der Waals surface area contributed by atoms with Crippen molar-refractivity contribution in [1.82, 2.24) is 4.31 Å². The van der Waals surface area contributed by atoms with Gasteiger partial charge in [-0.15, -0.1) is 6.58 Å². The van der Waals surface area contributed by atoms with Gasteiger partial charge in [0.1, 0.15) is 0 Å². The van der Waals surface area contributed by atoms with Gasteiger partial charge in [-0.05, 0) is 57.4 Å². The molecule has 0 saturated heterocycles. The van der Waals surface area contributed by atoms with Crippen molar-refractivity contribution in [3.63, 3.8) is 0 Å². The van der Waals surface area contributed by atoms with Crippen LogP contribution in [-0.4, -0.2) is 24.8 Å². The summed E-state index contributed by atoms with van der Waals surface area (Å²) in [5.41, 5.74) is 7.79. The number of nitrogens with zero attached hydrogens (tertiary/aromatic N) is 1. The molecular formula is C16H26N2O2S. The Morgan fingerprint density at radius 3 is 2.24 bits per heavy atom. The maximum absolute atomic E-state index is 13.0. The first-order chi connectivity index (χ1) is 9.55. The molecule has 0 amide bonds. The normalized spacial score (nSPS) is 12.7. The van der Waals surface area contributed by atoms with Crippen molar-refractivity contribution in [2.24, 2.45) is 5.73 Å². The number of sulfonamides is 1. The lowest BCUT2D eigenvalue weighted by Gasteiger charge is -2.34. The lowest BCUT2D eigenvalue weighted by atomic mass is 10.1. The zero-order valence-corrected chi connectivity index (χ0v) is 14.4. The minimum Gasteiger partial charge on any atom is -0.326 e. The van der Waals surface area contributed by atoms with Crippen molar-refractivity contribution in [3.05, 3.63) is 41.5 Å². The van der Waals surface area contributed by atoms with Gasteiger partial charge < -0.3 is 5.73 Å². The summed E-state index contributed by atoms with van der Waals surface area (Å²) < 4.78 is 27.5.